The fourth-order valence-electron chi connectivity index (χ4n) is 1.65. The van der Waals surface area contributed by atoms with E-state index in [1.54, 1.807) is 25.3 Å². The van der Waals surface area contributed by atoms with E-state index in [0.717, 1.165) is 0 Å². The number of hydrogen-bond acceptors (Lipinski definition) is 4. The van der Waals surface area contributed by atoms with Gasteiger partial charge >= 0.3 is 0 Å². The predicted molar refractivity (Wildman–Crippen MR) is 78.4 cm³/mol. The molecule has 1 aromatic carbocycles. The molecular formula is C14H23N3O2. The van der Waals surface area contributed by atoms with Crippen LogP contribution in [0.1, 0.15) is 20.8 Å². The van der Waals surface area contributed by atoms with Gasteiger partial charge in [-0.1, -0.05) is 0 Å². The molecule has 0 aliphatic carbocycles. The minimum Gasteiger partial charge on any atom is -0.497 e. The number of carbonyl (C=O) groups excluding carboxylic acids is 1. The maximum atomic E-state index is 12.1. The van der Waals surface area contributed by atoms with Crippen LogP contribution in [-0.2, 0) is 4.79 Å². The molecule has 106 valence electrons. The first kappa shape index (κ1) is 15.3. The van der Waals surface area contributed by atoms with Gasteiger partial charge in [0.05, 0.1) is 24.5 Å². The Balaban J connectivity index is 2.77. The number of nitrogens with one attached hydrogen (secondary N) is 1. The molecule has 5 heteroatoms. The van der Waals surface area contributed by atoms with Crippen LogP contribution in [0.25, 0.3) is 0 Å². The predicted octanol–water partition coefficient (Wildman–Crippen LogP) is 1.94. The molecule has 0 saturated heterocycles. The van der Waals surface area contributed by atoms with Crippen molar-refractivity contribution >= 4 is 17.3 Å². The van der Waals surface area contributed by atoms with E-state index in [2.05, 4.69) is 5.32 Å². The Hall–Kier alpha value is -1.75. The van der Waals surface area contributed by atoms with Crippen LogP contribution in [0, 0.1) is 0 Å². The number of nitrogens with zero attached hydrogens (tertiary/aromatic N) is 1. The first-order valence-corrected chi connectivity index (χ1v) is 6.33. The van der Waals surface area contributed by atoms with Crippen molar-refractivity contribution < 1.29 is 9.53 Å². The van der Waals surface area contributed by atoms with Crippen molar-refractivity contribution in [2.75, 3.05) is 25.2 Å². The summed E-state index contributed by atoms with van der Waals surface area (Å²) in [6.07, 6.45) is 0. The lowest BCUT2D eigenvalue weighted by molar-refractivity contribution is -0.120. The maximum absolute atomic E-state index is 12.1. The highest BCUT2D eigenvalue weighted by Gasteiger charge is 2.20. The molecule has 0 radical (unpaired) electrons. The van der Waals surface area contributed by atoms with Crippen LogP contribution in [0.3, 0.4) is 0 Å². The molecule has 0 fully saturated rings. The third-order valence-electron chi connectivity index (χ3n) is 3.32. The van der Waals surface area contributed by atoms with Crippen molar-refractivity contribution in [3.63, 3.8) is 0 Å². The van der Waals surface area contributed by atoms with Gasteiger partial charge < -0.3 is 15.8 Å². The number of carbonyl (C=O) groups is 1. The number of amides is 1. The third kappa shape index (κ3) is 3.86. The number of anilines is 2. The molecule has 3 N–H and O–H groups in total. The van der Waals surface area contributed by atoms with Crippen LogP contribution in [0.2, 0.25) is 0 Å². The van der Waals surface area contributed by atoms with Gasteiger partial charge in [0.15, 0.2) is 0 Å². The second-order valence-corrected chi connectivity index (χ2v) is 4.88. The van der Waals surface area contributed by atoms with Crippen molar-refractivity contribution in [3.05, 3.63) is 18.2 Å². The van der Waals surface area contributed by atoms with Crippen LogP contribution >= 0.6 is 0 Å². The highest BCUT2D eigenvalue weighted by Crippen LogP contribution is 2.24. The van der Waals surface area contributed by atoms with Gasteiger partial charge in [-0.2, -0.15) is 0 Å². The highest BCUT2D eigenvalue weighted by atomic mass is 16.5. The molecule has 1 unspecified atom stereocenters. The molecule has 5 nitrogen and oxygen atoms in total. The van der Waals surface area contributed by atoms with Crippen molar-refractivity contribution in [3.8, 4) is 5.75 Å². The van der Waals surface area contributed by atoms with Crippen LogP contribution in [0.5, 0.6) is 5.75 Å². The minimum absolute atomic E-state index is 0.0759. The monoisotopic (exact) mass is 265 g/mol. The quantitative estimate of drug-likeness (QED) is 0.798. The second-order valence-electron chi connectivity index (χ2n) is 4.88. The fraction of sp³-hybridized carbons (Fsp3) is 0.500. The number of nitrogen functional groups attached to an aromatic ring is 1. The zero-order chi connectivity index (χ0) is 14.6. The number of rotatable bonds is 5. The zero-order valence-corrected chi connectivity index (χ0v) is 12.2. The van der Waals surface area contributed by atoms with Gasteiger partial charge in [-0.15, -0.1) is 0 Å². The maximum Gasteiger partial charge on any atom is 0.241 e. The van der Waals surface area contributed by atoms with Crippen LogP contribution in [0.15, 0.2) is 18.2 Å². The number of ether oxygens (including phenoxy) is 1. The first-order valence-electron chi connectivity index (χ1n) is 6.33. The molecule has 1 atom stereocenters. The van der Waals surface area contributed by atoms with Gasteiger partial charge in [0.1, 0.15) is 5.75 Å². The van der Waals surface area contributed by atoms with E-state index in [4.69, 9.17) is 10.5 Å². The van der Waals surface area contributed by atoms with E-state index in [-0.39, 0.29) is 11.9 Å². The van der Waals surface area contributed by atoms with E-state index in [1.807, 2.05) is 32.7 Å². The molecule has 0 bridgehead atoms. The number of hydrogen-bond donors (Lipinski definition) is 2. The average molecular weight is 265 g/mol. The smallest absolute Gasteiger partial charge is 0.241 e. The number of nitrogens with two attached hydrogens (primary N) is 1. The van der Waals surface area contributed by atoms with Gasteiger partial charge in [0, 0.05) is 12.1 Å². The molecule has 0 aliphatic heterocycles. The van der Waals surface area contributed by atoms with Crippen LogP contribution in [0.4, 0.5) is 11.4 Å². The van der Waals surface area contributed by atoms with Crippen molar-refractivity contribution in [1.29, 1.82) is 0 Å². The molecular weight excluding hydrogens is 242 g/mol. The molecule has 0 aromatic heterocycles. The SMILES string of the molecule is COc1ccc(NC(=O)C(C)N(C)C(C)C)c(N)c1. The van der Waals surface area contributed by atoms with E-state index in [0.29, 0.717) is 23.2 Å². The fourth-order valence-corrected chi connectivity index (χ4v) is 1.65. The lowest BCUT2D eigenvalue weighted by Crippen LogP contribution is -2.43. The van der Waals surface area contributed by atoms with Crippen molar-refractivity contribution in [2.24, 2.45) is 0 Å². The van der Waals surface area contributed by atoms with Crippen LogP contribution < -0.4 is 15.8 Å². The standard InChI is InChI=1S/C14H23N3O2/c1-9(2)17(4)10(3)14(18)16-13-7-6-11(19-5)8-12(13)15/h6-10H,15H2,1-5H3,(H,16,18). The van der Waals surface area contributed by atoms with E-state index in [9.17, 15) is 4.79 Å². The van der Waals surface area contributed by atoms with Gasteiger partial charge in [-0.3, -0.25) is 9.69 Å². The van der Waals surface area contributed by atoms with Gasteiger partial charge in [0.25, 0.3) is 0 Å². The normalized spacial score (nSPS) is 12.6. The van der Waals surface area contributed by atoms with Crippen molar-refractivity contribution in [1.82, 2.24) is 4.90 Å². The van der Waals surface area contributed by atoms with E-state index < -0.39 is 0 Å². The second kappa shape index (κ2) is 6.43. The Bertz CT molecular complexity index is 446. The Morgan fingerprint density at radius 3 is 2.47 bits per heavy atom. The Morgan fingerprint density at radius 2 is 2.00 bits per heavy atom. The Labute approximate surface area is 114 Å². The van der Waals surface area contributed by atoms with Crippen molar-refractivity contribution in [2.45, 2.75) is 32.9 Å². The summed E-state index contributed by atoms with van der Waals surface area (Å²) in [4.78, 5) is 14.1. The molecule has 0 saturated carbocycles. The topological polar surface area (TPSA) is 67.6 Å². The number of benzene rings is 1. The minimum atomic E-state index is -0.221. The summed E-state index contributed by atoms with van der Waals surface area (Å²) in [7, 11) is 3.50. The summed E-state index contributed by atoms with van der Waals surface area (Å²) in [5, 5.41) is 2.84. The summed E-state index contributed by atoms with van der Waals surface area (Å²) in [6.45, 7) is 5.96. The zero-order valence-electron chi connectivity index (χ0n) is 12.2. The lowest BCUT2D eigenvalue weighted by atomic mass is 10.2. The Morgan fingerprint density at radius 1 is 1.37 bits per heavy atom. The first-order chi connectivity index (χ1) is 8.86. The molecule has 19 heavy (non-hydrogen) atoms. The molecule has 1 aromatic rings. The lowest BCUT2D eigenvalue weighted by Gasteiger charge is -2.27. The van der Waals surface area contributed by atoms with E-state index >= 15 is 0 Å². The summed E-state index contributed by atoms with van der Waals surface area (Å²) < 4.78 is 5.07. The summed E-state index contributed by atoms with van der Waals surface area (Å²) in [5.74, 6) is 0.593. The van der Waals surface area contributed by atoms with E-state index in [1.165, 1.54) is 0 Å². The summed E-state index contributed by atoms with van der Waals surface area (Å²) in [5.41, 5.74) is 6.97. The Kier molecular flexibility index (Phi) is 5.18. The molecule has 1 amide bonds. The summed E-state index contributed by atoms with van der Waals surface area (Å²) in [6, 6.07) is 5.28. The van der Waals surface area contributed by atoms with Gasteiger partial charge in [-0.05, 0) is 40.0 Å². The third-order valence-corrected chi connectivity index (χ3v) is 3.32. The average Bonchev–Trinajstić information content (AvgIpc) is 2.38. The summed E-state index contributed by atoms with van der Waals surface area (Å²) >= 11 is 0. The molecule has 0 aliphatic rings. The van der Waals surface area contributed by atoms with Gasteiger partial charge in [0.2, 0.25) is 5.91 Å². The van der Waals surface area contributed by atoms with Crippen LogP contribution in [-0.4, -0.2) is 37.0 Å². The largest absolute Gasteiger partial charge is 0.497 e. The van der Waals surface area contributed by atoms with Gasteiger partial charge in [-0.25, -0.2) is 0 Å². The molecule has 0 spiro atoms. The number of methoxy groups -OCH3 is 1. The highest BCUT2D eigenvalue weighted by molar-refractivity contribution is 5.97. The molecule has 0 heterocycles. The molecule has 1 rings (SSSR count). The number of likely N-dealkylation sites (N-methyl/N-ethyl adjacent to an activating group) is 1.